The summed E-state index contributed by atoms with van der Waals surface area (Å²) in [6, 6.07) is 11.7. The predicted molar refractivity (Wildman–Crippen MR) is 136 cm³/mol. The fourth-order valence-corrected chi connectivity index (χ4v) is 4.66. The lowest BCUT2D eigenvalue weighted by Gasteiger charge is -2.35. The maximum absolute atomic E-state index is 12.7. The maximum atomic E-state index is 12.7. The second-order valence-corrected chi connectivity index (χ2v) is 8.81. The number of nitrogens with zero attached hydrogens (tertiary/aromatic N) is 4. The number of benzene rings is 2. The van der Waals surface area contributed by atoms with Crippen molar-refractivity contribution in [2.45, 2.75) is 26.3 Å². The molecule has 35 heavy (non-hydrogen) atoms. The van der Waals surface area contributed by atoms with Gasteiger partial charge in [-0.05, 0) is 43.2 Å². The minimum Gasteiger partial charge on any atom is -0.493 e. The van der Waals surface area contributed by atoms with Crippen LogP contribution in [0.3, 0.4) is 0 Å². The molecule has 2 aromatic rings. The molecule has 1 N–H and O–H groups in total. The van der Waals surface area contributed by atoms with Gasteiger partial charge in [0.1, 0.15) is 0 Å². The standard InChI is InChI=1S/C26H33N5O4/c1-17-14-20-15-23(34-4)24(35-5)16-22(20)25(28-31(17)26(33)27-3)19-6-8-21(9-7-19)30-12-10-29(11-13-30)18(2)32/h6-9,15-17H,10-14H2,1-5H3,(H,27,33). The second kappa shape index (κ2) is 10.2. The zero-order valence-corrected chi connectivity index (χ0v) is 21.0. The Hall–Kier alpha value is -3.75. The first-order valence-electron chi connectivity index (χ1n) is 11.8. The molecule has 1 atom stereocenters. The highest BCUT2D eigenvalue weighted by Gasteiger charge is 2.28. The zero-order valence-electron chi connectivity index (χ0n) is 21.0. The summed E-state index contributed by atoms with van der Waals surface area (Å²) < 4.78 is 11.1. The van der Waals surface area contributed by atoms with Crippen molar-refractivity contribution in [1.82, 2.24) is 15.2 Å². The number of urea groups is 1. The van der Waals surface area contributed by atoms with E-state index in [1.54, 1.807) is 28.2 Å². The summed E-state index contributed by atoms with van der Waals surface area (Å²) in [7, 11) is 4.83. The molecule has 4 rings (SSSR count). The molecule has 0 aromatic heterocycles. The fourth-order valence-electron chi connectivity index (χ4n) is 4.66. The summed E-state index contributed by atoms with van der Waals surface area (Å²) >= 11 is 0. The number of nitrogens with one attached hydrogen (secondary N) is 1. The molecule has 1 fully saturated rings. The summed E-state index contributed by atoms with van der Waals surface area (Å²) in [6.45, 7) is 6.62. The quantitative estimate of drug-likeness (QED) is 0.729. The molecule has 1 saturated heterocycles. The first-order valence-corrected chi connectivity index (χ1v) is 11.8. The van der Waals surface area contributed by atoms with E-state index in [2.05, 4.69) is 22.3 Å². The second-order valence-electron chi connectivity index (χ2n) is 8.81. The van der Waals surface area contributed by atoms with E-state index in [4.69, 9.17) is 14.6 Å². The van der Waals surface area contributed by atoms with E-state index in [0.29, 0.717) is 23.6 Å². The molecule has 3 amide bonds. The smallest absolute Gasteiger partial charge is 0.337 e. The van der Waals surface area contributed by atoms with Crippen LogP contribution in [0.1, 0.15) is 30.5 Å². The monoisotopic (exact) mass is 479 g/mol. The Kier molecular flexibility index (Phi) is 7.14. The van der Waals surface area contributed by atoms with Crippen LogP contribution in [0.5, 0.6) is 11.5 Å². The van der Waals surface area contributed by atoms with Gasteiger partial charge in [0.2, 0.25) is 5.91 Å². The highest BCUT2D eigenvalue weighted by Crippen LogP contribution is 2.35. The molecule has 2 heterocycles. The van der Waals surface area contributed by atoms with Crippen molar-refractivity contribution in [2.24, 2.45) is 5.10 Å². The van der Waals surface area contributed by atoms with Crippen LogP contribution < -0.4 is 19.7 Å². The highest BCUT2D eigenvalue weighted by molar-refractivity contribution is 6.14. The minimum absolute atomic E-state index is 0.118. The van der Waals surface area contributed by atoms with Crippen molar-refractivity contribution in [3.63, 3.8) is 0 Å². The van der Waals surface area contributed by atoms with Gasteiger partial charge >= 0.3 is 6.03 Å². The number of carbonyl (C=O) groups excluding carboxylic acids is 2. The van der Waals surface area contributed by atoms with Crippen LogP contribution >= 0.6 is 0 Å². The maximum Gasteiger partial charge on any atom is 0.337 e. The third-order valence-corrected chi connectivity index (χ3v) is 6.66. The van der Waals surface area contributed by atoms with E-state index in [-0.39, 0.29) is 18.0 Å². The number of methoxy groups -OCH3 is 2. The molecule has 0 aliphatic carbocycles. The van der Waals surface area contributed by atoms with E-state index >= 15 is 0 Å². The van der Waals surface area contributed by atoms with E-state index in [1.807, 2.05) is 36.1 Å². The van der Waals surface area contributed by atoms with Crippen molar-refractivity contribution >= 4 is 23.3 Å². The number of hydrogen-bond donors (Lipinski definition) is 1. The Bertz CT molecular complexity index is 1120. The Morgan fingerprint density at radius 3 is 2.20 bits per heavy atom. The number of anilines is 1. The molecule has 0 saturated carbocycles. The molecule has 186 valence electrons. The summed E-state index contributed by atoms with van der Waals surface area (Å²) in [5, 5.41) is 9.02. The van der Waals surface area contributed by atoms with Crippen molar-refractivity contribution in [2.75, 3.05) is 52.3 Å². The number of ether oxygens (including phenoxy) is 2. The lowest BCUT2D eigenvalue weighted by atomic mass is 9.94. The SMILES string of the molecule is CNC(=O)N1N=C(c2ccc(N3CCN(C(C)=O)CC3)cc2)c2cc(OC)c(OC)cc2CC1C. The van der Waals surface area contributed by atoms with Gasteiger partial charge in [0.05, 0.1) is 26.0 Å². The largest absolute Gasteiger partial charge is 0.493 e. The van der Waals surface area contributed by atoms with Crippen molar-refractivity contribution < 1.29 is 19.1 Å². The van der Waals surface area contributed by atoms with E-state index in [1.165, 1.54) is 5.01 Å². The molecule has 2 aromatic carbocycles. The Labute approximate surface area is 206 Å². The number of hydrogen-bond acceptors (Lipinski definition) is 6. The van der Waals surface area contributed by atoms with E-state index in [9.17, 15) is 9.59 Å². The normalized spacial score (nSPS) is 17.8. The van der Waals surface area contributed by atoms with Gasteiger partial charge < -0.3 is 24.6 Å². The van der Waals surface area contributed by atoms with Gasteiger partial charge in [0.25, 0.3) is 0 Å². The predicted octanol–water partition coefficient (Wildman–Crippen LogP) is 2.71. The average molecular weight is 480 g/mol. The van der Waals surface area contributed by atoms with Gasteiger partial charge in [-0.2, -0.15) is 5.10 Å². The molecule has 2 aliphatic rings. The molecule has 0 spiro atoms. The number of hydrazone groups is 1. The van der Waals surface area contributed by atoms with Crippen molar-refractivity contribution in [1.29, 1.82) is 0 Å². The van der Waals surface area contributed by atoms with E-state index in [0.717, 1.165) is 48.6 Å². The summed E-state index contributed by atoms with van der Waals surface area (Å²) in [5.41, 5.74) is 4.62. The molecular formula is C26H33N5O4. The van der Waals surface area contributed by atoms with Gasteiger partial charge in [-0.15, -0.1) is 0 Å². The zero-order chi connectivity index (χ0) is 25.1. The number of rotatable bonds is 4. The Morgan fingerprint density at radius 2 is 1.63 bits per heavy atom. The lowest BCUT2D eigenvalue weighted by molar-refractivity contribution is -0.129. The number of amides is 3. The van der Waals surface area contributed by atoms with Crippen LogP contribution in [0.4, 0.5) is 10.5 Å². The van der Waals surface area contributed by atoms with Gasteiger partial charge in [0.15, 0.2) is 11.5 Å². The fraction of sp³-hybridized carbons (Fsp3) is 0.423. The lowest BCUT2D eigenvalue weighted by Crippen LogP contribution is -2.48. The van der Waals surface area contributed by atoms with Crippen LogP contribution in [-0.2, 0) is 11.2 Å². The van der Waals surface area contributed by atoms with Crippen molar-refractivity contribution in [3.8, 4) is 11.5 Å². The van der Waals surface area contributed by atoms with Crippen molar-refractivity contribution in [3.05, 3.63) is 53.1 Å². The third-order valence-electron chi connectivity index (χ3n) is 6.66. The molecule has 0 radical (unpaired) electrons. The first-order chi connectivity index (χ1) is 16.9. The third kappa shape index (κ3) is 4.89. The van der Waals surface area contributed by atoms with Crippen LogP contribution in [0.15, 0.2) is 41.5 Å². The first kappa shape index (κ1) is 24.4. The van der Waals surface area contributed by atoms with Gasteiger partial charge in [-0.1, -0.05) is 12.1 Å². The molecule has 2 aliphatic heterocycles. The van der Waals surface area contributed by atoms with Crippen LogP contribution in [0, 0.1) is 0 Å². The minimum atomic E-state index is -0.262. The Balaban J connectivity index is 1.72. The summed E-state index contributed by atoms with van der Waals surface area (Å²) in [4.78, 5) is 28.5. The van der Waals surface area contributed by atoms with Gasteiger partial charge in [-0.25, -0.2) is 9.80 Å². The Morgan fingerprint density at radius 1 is 1.00 bits per heavy atom. The van der Waals surface area contributed by atoms with Crippen LogP contribution in [0.25, 0.3) is 0 Å². The number of carbonyl (C=O) groups is 2. The molecule has 9 nitrogen and oxygen atoms in total. The molecule has 0 bridgehead atoms. The summed E-state index contributed by atoms with van der Waals surface area (Å²) in [6.07, 6.45) is 0.620. The highest BCUT2D eigenvalue weighted by atomic mass is 16.5. The van der Waals surface area contributed by atoms with E-state index < -0.39 is 0 Å². The van der Waals surface area contributed by atoms with Gasteiger partial charge in [0, 0.05) is 57.0 Å². The van der Waals surface area contributed by atoms with Crippen LogP contribution in [0.2, 0.25) is 0 Å². The molecular weight excluding hydrogens is 446 g/mol. The summed E-state index contributed by atoms with van der Waals surface area (Å²) in [5.74, 6) is 1.37. The van der Waals surface area contributed by atoms with Crippen LogP contribution in [-0.4, -0.2) is 81.0 Å². The average Bonchev–Trinajstić information content (AvgIpc) is 3.03. The molecule has 1 unspecified atom stereocenters. The van der Waals surface area contributed by atoms with Gasteiger partial charge in [-0.3, -0.25) is 4.79 Å². The topological polar surface area (TPSA) is 86.7 Å². The number of fused-ring (bicyclic) bond motifs is 1. The molecule has 9 heteroatoms. The number of piperazine rings is 1.